The second kappa shape index (κ2) is 6.93. The van der Waals surface area contributed by atoms with Crippen LogP contribution in [0.15, 0.2) is 59.2 Å². The molecule has 154 valence electrons. The molecule has 0 atom stereocenters. The number of fused-ring (bicyclic) bond motifs is 1. The van der Waals surface area contributed by atoms with Gasteiger partial charge >= 0.3 is 12.4 Å². The minimum atomic E-state index is -4.82. The Morgan fingerprint density at radius 2 is 1.59 bits per heavy atom. The van der Waals surface area contributed by atoms with Crippen LogP contribution in [-0.4, -0.2) is 13.3 Å². The molecular formula is C21H18F6N2. The van der Waals surface area contributed by atoms with Crippen molar-refractivity contribution in [1.82, 2.24) is 0 Å². The molecule has 0 unspecified atom stereocenters. The molecule has 0 saturated heterocycles. The SMILES string of the molecule is CN1/C(=C/C=Nc2cc(C(F)(F)F)ccc2C(F)(F)F)C(C)(C)c2ccccc21. The average Bonchev–Trinajstić information content (AvgIpc) is 2.81. The minimum absolute atomic E-state index is 0.407. The first-order chi connectivity index (χ1) is 13.3. The smallest absolute Gasteiger partial charge is 0.347 e. The molecule has 8 heteroatoms. The summed E-state index contributed by atoms with van der Waals surface area (Å²) in [7, 11) is 1.82. The van der Waals surface area contributed by atoms with Gasteiger partial charge in [0.15, 0.2) is 0 Å². The maximum Gasteiger partial charge on any atom is 0.418 e. The predicted octanol–water partition coefficient (Wildman–Crippen LogP) is 6.74. The molecule has 0 spiro atoms. The highest BCUT2D eigenvalue weighted by atomic mass is 19.4. The van der Waals surface area contributed by atoms with Crippen LogP contribution in [0.3, 0.4) is 0 Å². The van der Waals surface area contributed by atoms with E-state index in [9.17, 15) is 26.3 Å². The van der Waals surface area contributed by atoms with E-state index in [1.54, 1.807) is 0 Å². The van der Waals surface area contributed by atoms with Crippen molar-refractivity contribution in [3.63, 3.8) is 0 Å². The van der Waals surface area contributed by atoms with Gasteiger partial charge in [0.05, 0.1) is 16.8 Å². The maximum atomic E-state index is 13.2. The Morgan fingerprint density at radius 1 is 0.931 bits per heavy atom. The van der Waals surface area contributed by atoms with E-state index in [0.717, 1.165) is 23.2 Å². The molecule has 29 heavy (non-hydrogen) atoms. The van der Waals surface area contributed by atoms with Gasteiger partial charge in [0.2, 0.25) is 0 Å². The van der Waals surface area contributed by atoms with Gasteiger partial charge in [0, 0.05) is 30.1 Å². The van der Waals surface area contributed by atoms with Gasteiger partial charge in [0.1, 0.15) is 0 Å². The van der Waals surface area contributed by atoms with Crippen LogP contribution in [0.4, 0.5) is 37.7 Å². The number of para-hydroxylation sites is 1. The Hall–Kier alpha value is -2.77. The lowest BCUT2D eigenvalue weighted by molar-refractivity contribution is -0.140. The van der Waals surface area contributed by atoms with Gasteiger partial charge in [0.25, 0.3) is 0 Å². The summed E-state index contributed by atoms with van der Waals surface area (Å²) in [6.45, 7) is 3.92. The van der Waals surface area contributed by atoms with Crippen LogP contribution >= 0.6 is 0 Å². The van der Waals surface area contributed by atoms with Gasteiger partial charge in [-0.2, -0.15) is 26.3 Å². The molecule has 3 rings (SSSR count). The van der Waals surface area contributed by atoms with Crippen molar-refractivity contribution in [2.45, 2.75) is 31.6 Å². The third-order valence-electron chi connectivity index (χ3n) is 5.02. The fourth-order valence-electron chi connectivity index (χ4n) is 3.54. The molecule has 0 aromatic heterocycles. The first-order valence-electron chi connectivity index (χ1n) is 8.70. The highest BCUT2D eigenvalue weighted by Crippen LogP contribution is 2.46. The third-order valence-corrected chi connectivity index (χ3v) is 5.02. The Balaban J connectivity index is 2.02. The van der Waals surface area contributed by atoms with Crippen molar-refractivity contribution in [2.75, 3.05) is 11.9 Å². The van der Waals surface area contributed by atoms with Gasteiger partial charge in [-0.15, -0.1) is 0 Å². The molecule has 0 fully saturated rings. The number of allylic oxidation sites excluding steroid dienone is 2. The largest absolute Gasteiger partial charge is 0.418 e. The number of anilines is 1. The third kappa shape index (κ3) is 3.88. The van der Waals surface area contributed by atoms with Crippen LogP contribution in [0.5, 0.6) is 0 Å². The van der Waals surface area contributed by atoms with Gasteiger partial charge in [-0.25, -0.2) is 0 Å². The summed E-state index contributed by atoms with van der Waals surface area (Å²) in [5.41, 5.74) is -0.857. The van der Waals surface area contributed by atoms with Crippen LogP contribution < -0.4 is 4.90 Å². The molecule has 0 bridgehead atoms. The molecule has 1 aliphatic heterocycles. The zero-order chi connectivity index (χ0) is 21.6. The number of nitrogens with zero attached hydrogens (tertiary/aromatic N) is 2. The second-order valence-corrected chi connectivity index (χ2v) is 7.26. The van der Waals surface area contributed by atoms with Gasteiger partial charge in [-0.3, -0.25) is 4.99 Å². The Bertz CT molecular complexity index is 983. The summed E-state index contributed by atoms with van der Waals surface area (Å²) in [5, 5.41) is 0. The summed E-state index contributed by atoms with van der Waals surface area (Å²) < 4.78 is 78.3. The zero-order valence-corrected chi connectivity index (χ0v) is 15.9. The summed E-state index contributed by atoms with van der Waals surface area (Å²) in [6, 6.07) is 8.87. The zero-order valence-electron chi connectivity index (χ0n) is 15.9. The van der Waals surface area contributed by atoms with E-state index < -0.39 is 34.6 Å². The van der Waals surface area contributed by atoms with Crippen LogP contribution in [0, 0.1) is 0 Å². The monoisotopic (exact) mass is 412 g/mol. The van der Waals surface area contributed by atoms with Crippen molar-refractivity contribution in [3.05, 3.63) is 70.9 Å². The number of aliphatic imine (C=N–C) groups is 1. The van der Waals surface area contributed by atoms with E-state index >= 15 is 0 Å². The first-order valence-corrected chi connectivity index (χ1v) is 8.70. The Morgan fingerprint density at radius 3 is 2.17 bits per heavy atom. The van der Waals surface area contributed by atoms with E-state index in [2.05, 4.69) is 4.99 Å². The molecule has 0 aliphatic carbocycles. The number of alkyl halides is 6. The predicted molar refractivity (Wildman–Crippen MR) is 101 cm³/mol. The number of hydrogen-bond donors (Lipinski definition) is 0. The van der Waals surface area contributed by atoms with E-state index in [0.29, 0.717) is 18.2 Å². The summed E-state index contributed by atoms with van der Waals surface area (Å²) in [6.07, 6.45) is -6.93. The van der Waals surface area contributed by atoms with Crippen molar-refractivity contribution < 1.29 is 26.3 Å². The number of rotatable bonds is 2. The van der Waals surface area contributed by atoms with Crippen molar-refractivity contribution in [1.29, 1.82) is 0 Å². The number of halogens is 6. The standard InChI is InChI=1S/C21H18F6N2/c1-19(2)15-6-4-5-7-17(15)29(3)18(19)10-11-28-16-12-13(20(22,23)24)8-9-14(16)21(25,26)27/h4-12H,1-3H3/b18-10+,28-11?. The second-order valence-electron chi connectivity index (χ2n) is 7.26. The quantitative estimate of drug-likeness (QED) is 0.394. The van der Waals surface area contributed by atoms with E-state index in [-0.39, 0.29) is 0 Å². The molecule has 1 aliphatic rings. The lowest BCUT2D eigenvalue weighted by Crippen LogP contribution is -2.23. The van der Waals surface area contributed by atoms with E-state index in [1.807, 2.05) is 50.1 Å². The first kappa shape index (κ1) is 21.0. The summed E-state index contributed by atoms with van der Waals surface area (Å²) in [5.74, 6) is 0. The molecule has 0 amide bonds. The average molecular weight is 412 g/mol. The molecule has 0 saturated carbocycles. The van der Waals surface area contributed by atoms with Gasteiger partial charge in [-0.05, 0) is 35.9 Å². The highest BCUT2D eigenvalue weighted by molar-refractivity contribution is 5.81. The van der Waals surface area contributed by atoms with Crippen LogP contribution in [0.1, 0.15) is 30.5 Å². The fourth-order valence-corrected chi connectivity index (χ4v) is 3.54. The Labute approximate surface area is 164 Å². The van der Waals surface area contributed by atoms with E-state index in [4.69, 9.17) is 0 Å². The van der Waals surface area contributed by atoms with Crippen molar-refractivity contribution in [3.8, 4) is 0 Å². The van der Waals surface area contributed by atoms with Gasteiger partial charge < -0.3 is 4.90 Å². The molecule has 2 nitrogen and oxygen atoms in total. The summed E-state index contributed by atoms with van der Waals surface area (Å²) >= 11 is 0. The van der Waals surface area contributed by atoms with Crippen LogP contribution in [0.2, 0.25) is 0 Å². The lowest BCUT2D eigenvalue weighted by Gasteiger charge is -2.23. The number of likely N-dealkylation sites (N-methyl/N-ethyl adjacent to an activating group) is 1. The summed E-state index contributed by atoms with van der Waals surface area (Å²) in [4.78, 5) is 5.61. The van der Waals surface area contributed by atoms with Gasteiger partial charge in [-0.1, -0.05) is 32.0 Å². The van der Waals surface area contributed by atoms with E-state index in [1.165, 1.54) is 6.08 Å². The van der Waals surface area contributed by atoms with Crippen LogP contribution in [0.25, 0.3) is 0 Å². The van der Waals surface area contributed by atoms with Crippen molar-refractivity contribution >= 4 is 17.6 Å². The topological polar surface area (TPSA) is 15.6 Å². The van der Waals surface area contributed by atoms with Crippen LogP contribution in [-0.2, 0) is 17.8 Å². The maximum absolute atomic E-state index is 13.2. The molecule has 2 aromatic rings. The highest BCUT2D eigenvalue weighted by Gasteiger charge is 2.38. The minimum Gasteiger partial charge on any atom is -0.347 e. The normalized spacial score (nSPS) is 18.0. The number of benzene rings is 2. The van der Waals surface area contributed by atoms with Crippen molar-refractivity contribution in [2.24, 2.45) is 4.99 Å². The lowest BCUT2D eigenvalue weighted by atomic mass is 9.84. The Kier molecular flexibility index (Phi) is 5.01. The molecule has 2 aromatic carbocycles. The molecule has 0 radical (unpaired) electrons. The molecule has 0 N–H and O–H groups in total. The molecular weight excluding hydrogens is 394 g/mol. The molecule has 1 heterocycles. The fraction of sp³-hybridized carbons (Fsp3) is 0.286. The number of hydrogen-bond acceptors (Lipinski definition) is 2.